The summed E-state index contributed by atoms with van der Waals surface area (Å²) < 4.78 is 16.8. The normalized spacial score (nSPS) is 18.9. The molecule has 1 atom stereocenters. The highest BCUT2D eigenvalue weighted by molar-refractivity contribution is 6.34. The molecule has 1 unspecified atom stereocenters. The van der Waals surface area contributed by atoms with Crippen LogP contribution in [-0.4, -0.2) is 25.2 Å². The van der Waals surface area contributed by atoms with Gasteiger partial charge in [0.05, 0.1) is 10.6 Å². The molecule has 3 aromatic carbocycles. The number of primary amides is 1. The Balaban J connectivity index is 1.38. The number of carbonyl (C=O) groups excluding carboxylic acids is 2. The molecule has 3 aliphatic rings. The van der Waals surface area contributed by atoms with Crippen molar-refractivity contribution in [3.8, 4) is 17.2 Å². The Morgan fingerprint density at radius 2 is 1.78 bits per heavy atom. The lowest BCUT2D eigenvalue weighted by molar-refractivity contribution is -0.122. The minimum Gasteiger partial charge on any atom is -0.488 e. The molecule has 0 spiro atoms. The first-order chi connectivity index (χ1) is 17.4. The summed E-state index contributed by atoms with van der Waals surface area (Å²) in [7, 11) is 0. The number of nitrogens with two attached hydrogens (primary N) is 2. The van der Waals surface area contributed by atoms with E-state index in [-0.39, 0.29) is 24.0 Å². The minimum absolute atomic E-state index is 0.0550. The van der Waals surface area contributed by atoms with Crippen LogP contribution in [0.25, 0.3) is 5.70 Å². The summed E-state index contributed by atoms with van der Waals surface area (Å²) in [5, 5.41) is 11.7. The molecular formula is C25H18ClN5O5. The zero-order valence-electron chi connectivity index (χ0n) is 18.6. The molecule has 0 bridgehead atoms. The SMILES string of the molecule is NC(=O)C1(c2ccc3c(c2)OCO3)N=NC2=C1COc1ccc(NC(=O)c3ccc(N)cc3Cl)cc12. The highest BCUT2D eigenvalue weighted by Crippen LogP contribution is 2.50. The molecule has 0 saturated carbocycles. The van der Waals surface area contributed by atoms with E-state index in [1.54, 1.807) is 48.5 Å². The Labute approximate surface area is 209 Å². The largest absolute Gasteiger partial charge is 0.488 e. The molecule has 2 amide bonds. The van der Waals surface area contributed by atoms with Gasteiger partial charge in [-0.05, 0) is 54.1 Å². The number of ether oxygens (including phenoxy) is 3. The number of nitrogens with one attached hydrogen (secondary N) is 1. The molecule has 10 nitrogen and oxygen atoms in total. The van der Waals surface area contributed by atoms with Gasteiger partial charge in [-0.2, -0.15) is 10.2 Å². The third-order valence-electron chi connectivity index (χ3n) is 6.27. The topological polar surface area (TPSA) is 151 Å². The van der Waals surface area contributed by atoms with Crippen molar-refractivity contribution >= 4 is 40.5 Å². The van der Waals surface area contributed by atoms with Crippen LogP contribution in [0.5, 0.6) is 17.2 Å². The molecule has 6 rings (SSSR count). The van der Waals surface area contributed by atoms with Crippen molar-refractivity contribution in [1.29, 1.82) is 0 Å². The number of azo groups is 1. The van der Waals surface area contributed by atoms with Crippen LogP contribution in [0.4, 0.5) is 11.4 Å². The van der Waals surface area contributed by atoms with Crippen LogP contribution in [0.15, 0.2) is 70.4 Å². The predicted molar refractivity (Wildman–Crippen MR) is 131 cm³/mol. The predicted octanol–water partition coefficient (Wildman–Crippen LogP) is 3.85. The van der Waals surface area contributed by atoms with Gasteiger partial charge in [0.1, 0.15) is 18.1 Å². The Morgan fingerprint density at radius 1 is 0.972 bits per heavy atom. The summed E-state index contributed by atoms with van der Waals surface area (Å²) in [6, 6.07) is 14.8. The highest BCUT2D eigenvalue weighted by atomic mass is 35.5. The Morgan fingerprint density at radius 3 is 2.58 bits per heavy atom. The van der Waals surface area contributed by atoms with Gasteiger partial charge in [0, 0.05) is 22.5 Å². The molecule has 36 heavy (non-hydrogen) atoms. The minimum atomic E-state index is -1.56. The first-order valence-corrected chi connectivity index (χ1v) is 11.2. The van der Waals surface area contributed by atoms with E-state index in [0.29, 0.717) is 51.0 Å². The molecular weight excluding hydrogens is 486 g/mol. The molecule has 0 aliphatic carbocycles. The summed E-state index contributed by atoms with van der Waals surface area (Å²) in [6.07, 6.45) is 0. The summed E-state index contributed by atoms with van der Waals surface area (Å²) >= 11 is 6.18. The number of hydrogen-bond donors (Lipinski definition) is 3. The van der Waals surface area contributed by atoms with E-state index in [4.69, 9.17) is 37.3 Å². The van der Waals surface area contributed by atoms with Crippen LogP contribution in [0.3, 0.4) is 0 Å². The van der Waals surface area contributed by atoms with Crippen molar-refractivity contribution in [3.05, 3.63) is 81.9 Å². The zero-order chi connectivity index (χ0) is 25.0. The van der Waals surface area contributed by atoms with Crippen molar-refractivity contribution < 1.29 is 23.8 Å². The number of amides is 2. The second kappa shape index (κ2) is 7.99. The molecule has 3 heterocycles. The van der Waals surface area contributed by atoms with Gasteiger partial charge in [-0.1, -0.05) is 17.7 Å². The zero-order valence-corrected chi connectivity index (χ0v) is 19.3. The van der Waals surface area contributed by atoms with Crippen LogP contribution in [-0.2, 0) is 10.3 Å². The lowest BCUT2D eigenvalue weighted by atomic mass is 9.80. The smallest absolute Gasteiger partial charge is 0.257 e. The monoisotopic (exact) mass is 503 g/mol. The number of fused-ring (bicyclic) bond motifs is 3. The van der Waals surface area contributed by atoms with Crippen LogP contribution in [0.2, 0.25) is 5.02 Å². The maximum Gasteiger partial charge on any atom is 0.257 e. The molecule has 0 radical (unpaired) electrons. The Bertz CT molecular complexity index is 1540. The molecule has 0 saturated heterocycles. The van der Waals surface area contributed by atoms with Crippen molar-refractivity contribution in [2.45, 2.75) is 5.54 Å². The molecule has 0 fully saturated rings. The van der Waals surface area contributed by atoms with Crippen molar-refractivity contribution in [1.82, 2.24) is 0 Å². The third-order valence-corrected chi connectivity index (χ3v) is 6.58. The maximum absolute atomic E-state index is 12.8. The van der Waals surface area contributed by atoms with Crippen molar-refractivity contribution in [3.63, 3.8) is 0 Å². The summed E-state index contributed by atoms with van der Waals surface area (Å²) in [4.78, 5) is 25.7. The molecule has 11 heteroatoms. The van der Waals surface area contributed by atoms with Gasteiger partial charge >= 0.3 is 0 Å². The fraction of sp³-hybridized carbons (Fsp3) is 0.120. The van der Waals surface area contributed by atoms with Crippen molar-refractivity contribution in [2.24, 2.45) is 16.0 Å². The van der Waals surface area contributed by atoms with E-state index in [0.717, 1.165) is 0 Å². The number of hydrogen-bond acceptors (Lipinski definition) is 8. The van der Waals surface area contributed by atoms with Gasteiger partial charge < -0.3 is 31.0 Å². The number of carbonyl (C=O) groups is 2. The van der Waals surface area contributed by atoms with E-state index in [9.17, 15) is 9.59 Å². The van der Waals surface area contributed by atoms with Crippen LogP contribution >= 0.6 is 11.6 Å². The van der Waals surface area contributed by atoms with Gasteiger partial charge in [-0.3, -0.25) is 9.59 Å². The number of rotatable bonds is 4. The average molecular weight is 504 g/mol. The van der Waals surface area contributed by atoms with Gasteiger partial charge in [-0.15, -0.1) is 0 Å². The average Bonchev–Trinajstić information content (AvgIpc) is 3.49. The Kier molecular flexibility index (Phi) is 4.87. The number of benzene rings is 3. The second-order valence-corrected chi connectivity index (χ2v) is 8.77. The summed E-state index contributed by atoms with van der Waals surface area (Å²) in [5.41, 5.74) is 13.2. The summed E-state index contributed by atoms with van der Waals surface area (Å²) in [6.45, 7) is 0.143. The lowest BCUT2D eigenvalue weighted by Gasteiger charge is -2.28. The standard InChI is InChI=1S/C25H18ClN5O5/c26-18-8-13(27)2-4-15(18)23(32)29-14-3-6-19-16(9-14)22-17(10-34-19)25(24(28)33,31-30-22)12-1-5-20-21(7-12)36-11-35-20/h1-9H,10-11,27H2,(H2,28,33)(H,29,32). The fourth-order valence-electron chi connectivity index (χ4n) is 4.48. The van der Waals surface area contributed by atoms with E-state index >= 15 is 0 Å². The first-order valence-electron chi connectivity index (χ1n) is 10.9. The van der Waals surface area contributed by atoms with Gasteiger partial charge in [0.15, 0.2) is 11.5 Å². The molecule has 5 N–H and O–H groups in total. The van der Waals surface area contributed by atoms with E-state index in [1.165, 1.54) is 6.07 Å². The molecule has 3 aromatic rings. The quantitative estimate of drug-likeness (QED) is 0.460. The maximum atomic E-state index is 12.8. The first kappa shape index (κ1) is 21.9. The van der Waals surface area contributed by atoms with Gasteiger partial charge in [0.25, 0.3) is 11.8 Å². The number of halogens is 1. The van der Waals surface area contributed by atoms with Crippen molar-refractivity contribution in [2.75, 3.05) is 24.5 Å². The summed E-state index contributed by atoms with van der Waals surface area (Å²) in [5.74, 6) is 0.465. The fourth-order valence-corrected chi connectivity index (χ4v) is 4.76. The molecule has 0 aromatic heterocycles. The van der Waals surface area contributed by atoms with Crippen LogP contribution < -0.4 is 31.0 Å². The van der Waals surface area contributed by atoms with Crippen LogP contribution in [0.1, 0.15) is 21.5 Å². The third kappa shape index (κ3) is 3.26. The molecule has 3 aliphatic heterocycles. The Hall–Kier alpha value is -4.57. The second-order valence-electron chi connectivity index (χ2n) is 8.36. The van der Waals surface area contributed by atoms with Gasteiger partial charge in [0.2, 0.25) is 12.3 Å². The number of anilines is 2. The van der Waals surface area contributed by atoms with Gasteiger partial charge in [-0.25, -0.2) is 0 Å². The number of nitrogens with zero attached hydrogens (tertiary/aromatic N) is 2. The van der Waals surface area contributed by atoms with Crippen LogP contribution in [0, 0.1) is 0 Å². The number of nitrogen functional groups attached to an aromatic ring is 1. The van der Waals surface area contributed by atoms with E-state index < -0.39 is 17.4 Å². The lowest BCUT2D eigenvalue weighted by Crippen LogP contribution is -2.42. The van der Waals surface area contributed by atoms with E-state index in [1.807, 2.05) is 0 Å². The van der Waals surface area contributed by atoms with E-state index in [2.05, 4.69) is 15.5 Å². The highest BCUT2D eigenvalue weighted by Gasteiger charge is 2.50. The molecule has 180 valence electrons.